The highest BCUT2D eigenvalue weighted by atomic mass is 16.5. The number of carboxylic acids is 1. The van der Waals surface area contributed by atoms with Gasteiger partial charge in [-0.3, -0.25) is 4.79 Å². The van der Waals surface area contributed by atoms with Crippen molar-refractivity contribution in [2.75, 3.05) is 0 Å². The molecule has 7 heteroatoms. The van der Waals surface area contributed by atoms with Gasteiger partial charge in [-0.15, -0.1) is 0 Å². The Bertz CT molecular complexity index is 872. The zero-order chi connectivity index (χ0) is 20.4. The van der Waals surface area contributed by atoms with E-state index in [2.05, 4.69) is 4.98 Å². The van der Waals surface area contributed by atoms with Crippen LogP contribution in [0.1, 0.15) is 68.7 Å². The average Bonchev–Trinajstić information content (AvgIpc) is 3.31. The highest BCUT2D eigenvalue weighted by Crippen LogP contribution is 2.42. The molecule has 1 aliphatic carbocycles. The molecule has 0 amide bonds. The minimum Gasteiger partial charge on any atom is -0.481 e. The number of nitrogens with two attached hydrogens (primary N) is 1. The Hall–Kier alpha value is -2.41. The summed E-state index contributed by atoms with van der Waals surface area (Å²) >= 11 is 0. The quantitative estimate of drug-likeness (QED) is 0.503. The van der Waals surface area contributed by atoms with Gasteiger partial charge in [-0.05, 0) is 64.2 Å². The van der Waals surface area contributed by atoms with Crippen molar-refractivity contribution >= 4 is 23.0 Å². The second kappa shape index (κ2) is 8.31. The van der Waals surface area contributed by atoms with Gasteiger partial charge in [0.25, 0.3) is 0 Å². The van der Waals surface area contributed by atoms with Gasteiger partial charge in [0.1, 0.15) is 11.3 Å². The number of pyridine rings is 1. The molecule has 0 spiro atoms. The highest BCUT2D eigenvalue weighted by molar-refractivity contribution is 5.94. The average molecular weight is 387 g/mol. The van der Waals surface area contributed by atoms with E-state index in [9.17, 15) is 9.59 Å². The molecule has 28 heavy (non-hydrogen) atoms. The predicted octanol–water partition coefficient (Wildman–Crippen LogP) is 3.51. The van der Waals surface area contributed by atoms with Crippen molar-refractivity contribution in [3.63, 3.8) is 0 Å². The number of aliphatic carboxylic acids is 1. The molecule has 0 bridgehead atoms. The number of fused-ring (bicyclic) bond motifs is 1. The molecule has 2 heterocycles. The lowest BCUT2D eigenvalue weighted by atomic mass is 10.1. The molecule has 2 unspecified atom stereocenters. The molecule has 1 saturated carbocycles. The number of unbranched alkanes of at least 4 members (excludes halogenated alkanes) is 1. The molecule has 3 rings (SSSR count). The Morgan fingerprint density at radius 2 is 2.07 bits per heavy atom. The molecule has 0 saturated heterocycles. The number of rotatable bonds is 9. The summed E-state index contributed by atoms with van der Waals surface area (Å²) in [6.45, 7) is 6.16. The van der Waals surface area contributed by atoms with Gasteiger partial charge in [-0.1, -0.05) is 6.42 Å². The van der Waals surface area contributed by atoms with Crippen molar-refractivity contribution in [1.29, 1.82) is 0 Å². The summed E-state index contributed by atoms with van der Waals surface area (Å²) in [4.78, 5) is 28.2. The smallest absolute Gasteiger partial charge is 0.355 e. The Kier molecular flexibility index (Phi) is 6.03. The van der Waals surface area contributed by atoms with Crippen molar-refractivity contribution in [3.8, 4) is 0 Å². The number of aryl methyl sites for hydroxylation is 1. The predicted molar refractivity (Wildman–Crippen MR) is 106 cm³/mol. The van der Waals surface area contributed by atoms with Gasteiger partial charge in [-0.2, -0.15) is 0 Å². The summed E-state index contributed by atoms with van der Waals surface area (Å²) in [5.41, 5.74) is 7.98. The topological polar surface area (TPSA) is 107 Å². The Balaban J connectivity index is 1.77. The molecule has 1 fully saturated rings. The molecule has 0 aromatic carbocycles. The van der Waals surface area contributed by atoms with Crippen molar-refractivity contribution < 1.29 is 19.4 Å². The van der Waals surface area contributed by atoms with Crippen LogP contribution >= 0.6 is 0 Å². The van der Waals surface area contributed by atoms with Crippen LogP contribution in [0, 0.1) is 11.8 Å². The number of aromatic nitrogens is 2. The third-order valence-electron chi connectivity index (χ3n) is 5.23. The molecular weight excluding hydrogens is 358 g/mol. The summed E-state index contributed by atoms with van der Waals surface area (Å²) in [5.74, 6) is -0.914. The van der Waals surface area contributed by atoms with E-state index in [1.807, 2.05) is 43.5 Å². The zero-order valence-corrected chi connectivity index (χ0v) is 16.7. The van der Waals surface area contributed by atoms with Gasteiger partial charge >= 0.3 is 11.9 Å². The summed E-state index contributed by atoms with van der Waals surface area (Å²) in [7, 11) is 0. The number of nitrogens with zero attached hydrogens (tertiary/aromatic N) is 2. The van der Waals surface area contributed by atoms with Crippen molar-refractivity contribution in [3.05, 3.63) is 29.6 Å². The van der Waals surface area contributed by atoms with Crippen molar-refractivity contribution in [2.24, 2.45) is 17.6 Å². The molecular formula is C21H29N3O4. The molecule has 2 aromatic rings. The van der Waals surface area contributed by atoms with Crippen LogP contribution in [0.15, 0.2) is 18.2 Å². The molecule has 3 atom stereocenters. The van der Waals surface area contributed by atoms with E-state index in [-0.39, 0.29) is 24.0 Å². The van der Waals surface area contributed by atoms with Gasteiger partial charge in [0.2, 0.25) is 0 Å². The van der Waals surface area contributed by atoms with Gasteiger partial charge in [-0.25, -0.2) is 9.78 Å². The second-order valence-corrected chi connectivity index (χ2v) is 8.01. The van der Waals surface area contributed by atoms with Crippen LogP contribution in [-0.2, 0) is 16.1 Å². The third kappa shape index (κ3) is 4.52. The number of hydrogen-bond donors (Lipinski definition) is 2. The summed E-state index contributed by atoms with van der Waals surface area (Å²) in [6.07, 6.45) is 3.25. The normalized spacial score (nSPS) is 19.8. The van der Waals surface area contributed by atoms with E-state index in [4.69, 9.17) is 15.6 Å². The van der Waals surface area contributed by atoms with E-state index in [1.54, 1.807) is 0 Å². The first kappa shape index (κ1) is 20.3. The van der Waals surface area contributed by atoms with Crippen LogP contribution in [-0.4, -0.2) is 32.7 Å². The maximum atomic E-state index is 12.6. The fourth-order valence-electron chi connectivity index (χ4n) is 3.61. The minimum absolute atomic E-state index is 0.167. The van der Waals surface area contributed by atoms with Crippen LogP contribution in [0.2, 0.25) is 0 Å². The number of carbonyl (C=O) groups is 2. The molecule has 0 radical (unpaired) electrons. The highest BCUT2D eigenvalue weighted by Gasteiger charge is 2.42. The molecule has 7 nitrogen and oxygen atoms in total. The lowest BCUT2D eigenvalue weighted by Crippen LogP contribution is -2.17. The Morgan fingerprint density at radius 1 is 1.32 bits per heavy atom. The van der Waals surface area contributed by atoms with Gasteiger partial charge in [0, 0.05) is 18.0 Å². The Labute approximate surface area is 164 Å². The standard InChI is InChI=1S/C21H29N3O4/c1-12(2)28-21(27)18-11-15-7-8-17(13(3)22)23-19(15)24(18)9-5-4-6-14-10-16(14)20(25)26/h7-8,11-14,16H,4-6,9-10,22H2,1-3H3,(H,25,26)/t13-,14?,16?/m1/s1. The van der Waals surface area contributed by atoms with E-state index in [0.717, 1.165) is 42.4 Å². The summed E-state index contributed by atoms with van der Waals surface area (Å²) in [6, 6.07) is 5.44. The van der Waals surface area contributed by atoms with Crippen molar-refractivity contribution in [2.45, 2.75) is 65.1 Å². The first-order chi connectivity index (χ1) is 13.3. The number of esters is 1. The van der Waals surface area contributed by atoms with E-state index in [0.29, 0.717) is 18.2 Å². The molecule has 3 N–H and O–H groups in total. The minimum atomic E-state index is -0.687. The monoisotopic (exact) mass is 387 g/mol. The molecule has 1 aliphatic rings. The van der Waals surface area contributed by atoms with Gasteiger partial charge < -0.3 is 20.1 Å². The number of hydrogen-bond acceptors (Lipinski definition) is 5. The SMILES string of the molecule is CC(C)OC(=O)c1cc2ccc([C@@H](C)N)nc2n1CCCCC1CC1C(=O)O. The largest absolute Gasteiger partial charge is 0.481 e. The maximum Gasteiger partial charge on any atom is 0.355 e. The third-order valence-corrected chi connectivity index (χ3v) is 5.23. The van der Waals surface area contributed by atoms with Crippen molar-refractivity contribution in [1.82, 2.24) is 9.55 Å². The van der Waals surface area contributed by atoms with Crippen LogP contribution in [0.3, 0.4) is 0 Å². The van der Waals surface area contributed by atoms with E-state index in [1.165, 1.54) is 0 Å². The van der Waals surface area contributed by atoms with E-state index >= 15 is 0 Å². The van der Waals surface area contributed by atoms with E-state index < -0.39 is 5.97 Å². The lowest BCUT2D eigenvalue weighted by Gasteiger charge is -2.12. The van der Waals surface area contributed by atoms with Crippen LogP contribution in [0.4, 0.5) is 0 Å². The molecule has 152 valence electrons. The lowest BCUT2D eigenvalue weighted by molar-refractivity contribution is -0.138. The molecule has 2 aromatic heterocycles. The first-order valence-electron chi connectivity index (χ1n) is 9.97. The fraction of sp³-hybridized carbons (Fsp3) is 0.571. The number of carbonyl (C=O) groups excluding carboxylic acids is 1. The summed E-state index contributed by atoms with van der Waals surface area (Å²) < 4.78 is 7.31. The second-order valence-electron chi connectivity index (χ2n) is 8.01. The summed E-state index contributed by atoms with van der Waals surface area (Å²) in [5, 5.41) is 9.90. The zero-order valence-electron chi connectivity index (χ0n) is 16.7. The van der Waals surface area contributed by atoms with Crippen LogP contribution in [0.25, 0.3) is 11.0 Å². The van der Waals surface area contributed by atoms with Gasteiger partial charge in [0.15, 0.2) is 0 Å². The first-order valence-corrected chi connectivity index (χ1v) is 9.97. The molecule has 0 aliphatic heterocycles. The maximum absolute atomic E-state index is 12.6. The van der Waals surface area contributed by atoms with Gasteiger partial charge in [0.05, 0.1) is 17.7 Å². The van der Waals surface area contributed by atoms with Crippen LogP contribution in [0.5, 0.6) is 0 Å². The Morgan fingerprint density at radius 3 is 2.68 bits per heavy atom. The number of carboxylic acid groups (broad SMARTS) is 1. The number of ether oxygens (including phenoxy) is 1. The fourth-order valence-corrected chi connectivity index (χ4v) is 3.61. The van der Waals surface area contributed by atoms with Crippen LogP contribution < -0.4 is 5.73 Å².